The van der Waals surface area contributed by atoms with Gasteiger partial charge >= 0.3 is 0 Å². The standard InChI is InChI=1S/C16H24N2O3S/c1-13(2)14-4-6-15(7-5-14)16(19)12-17-8-10-18(11-9-17)22(3,20)21/h4-7,13H,8-12H2,1-3H3. The van der Waals surface area contributed by atoms with E-state index in [1.807, 2.05) is 29.2 Å². The lowest BCUT2D eigenvalue weighted by Crippen LogP contribution is -2.49. The average molecular weight is 324 g/mol. The molecule has 1 aromatic carbocycles. The number of carbonyl (C=O) groups excluding carboxylic acids is 1. The second-order valence-corrected chi connectivity index (χ2v) is 8.12. The SMILES string of the molecule is CC(C)c1ccc(C(=O)CN2CCN(S(C)(=O)=O)CC2)cc1. The summed E-state index contributed by atoms with van der Waals surface area (Å²) in [6, 6.07) is 7.76. The van der Waals surface area contributed by atoms with Crippen LogP contribution in [-0.4, -0.2) is 62.4 Å². The Morgan fingerprint density at radius 3 is 2.09 bits per heavy atom. The topological polar surface area (TPSA) is 57.7 Å². The first-order valence-electron chi connectivity index (χ1n) is 7.58. The highest BCUT2D eigenvalue weighted by atomic mass is 32.2. The molecule has 1 heterocycles. The number of nitrogens with zero attached hydrogens (tertiary/aromatic N) is 2. The van der Waals surface area contributed by atoms with Gasteiger partial charge in [-0.1, -0.05) is 38.1 Å². The van der Waals surface area contributed by atoms with Crippen molar-refractivity contribution < 1.29 is 13.2 Å². The van der Waals surface area contributed by atoms with Gasteiger partial charge in [-0.05, 0) is 11.5 Å². The van der Waals surface area contributed by atoms with E-state index in [1.165, 1.54) is 16.1 Å². The lowest BCUT2D eigenvalue weighted by atomic mass is 10.0. The summed E-state index contributed by atoms with van der Waals surface area (Å²) in [5.74, 6) is 0.538. The first-order chi connectivity index (χ1) is 10.3. The first kappa shape index (κ1) is 17.1. The Kier molecular flexibility index (Phi) is 5.36. The molecule has 2 rings (SSSR count). The summed E-state index contributed by atoms with van der Waals surface area (Å²) in [6.45, 7) is 6.71. The lowest BCUT2D eigenvalue weighted by Gasteiger charge is -2.32. The molecular weight excluding hydrogens is 300 g/mol. The van der Waals surface area contributed by atoms with Crippen molar-refractivity contribution in [3.05, 3.63) is 35.4 Å². The summed E-state index contributed by atoms with van der Waals surface area (Å²) in [6.07, 6.45) is 1.23. The van der Waals surface area contributed by atoms with Crippen LogP contribution < -0.4 is 0 Å². The second kappa shape index (κ2) is 6.89. The molecule has 1 saturated heterocycles. The van der Waals surface area contributed by atoms with Crippen LogP contribution in [0, 0.1) is 0 Å². The van der Waals surface area contributed by atoms with Crippen molar-refractivity contribution in [3.63, 3.8) is 0 Å². The number of hydrogen-bond acceptors (Lipinski definition) is 4. The summed E-state index contributed by atoms with van der Waals surface area (Å²) in [5.41, 5.74) is 1.94. The van der Waals surface area contributed by atoms with Gasteiger partial charge in [0.1, 0.15) is 0 Å². The van der Waals surface area contributed by atoms with E-state index in [-0.39, 0.29) is 5.78 Å². The molecule has 0 N–H and O–H groups in total. The van der Waals surface area contributed by atoms with E-state index in [2.05, 4.69) is 13.8 Å². The summed E-state index contributed by atoms with van der Waals surface area (Å²) >= 11 is 0. The number of carbonyl (C=O) groups is 1. The molecule has 6 heteroatoms. The second-order valence-electron chi connectivity index (χ2n) is 6.14. The van der Waals surface area contributed by atoms with Gasteiger partial charge in [-0.25, -0.2) is 8.42 Å². The minimum absolute atomic E-state index is 0.0862. The normalized spacial score (nSPS) is 17.8. The molecule has 0 saturated carbocycles. The summed E-state index contributed by atoms with van der Waals surface area (Å²) in [4.78, 5) is 14.3. The summed E-state index contributed by atoms with van der Waals surface area (Å²) < 4.78 is 24.4. The van der Waals surface area contributed by atoms with Crippen molar-refractivity contribution in [2.75, 3.05) is 39.0 Å². The van der Waals surface area contributed by atoms with E-state index in [1.54, 1.807) is 0 Å². The Balaban J connectivity index is 1.90. The van der Waals surface area contributed by atoms with Crippen LogP contribution >= 0.6 is 0 Å². The van der Waals surface area contributed by atoms with E-state index >= 15 is 0 Å². The van der Waals surface area contributed by atoms with Crippen LogP contribution in [0.2, 0.25) is 0 Å². The quantitative estimate of drug-likeness (QED) is 0.772. The minimum Gasteiger partial charge on any atom is -0.293 e. The van der Waals surface area contributed by atoms with Gasteiger partial charge in [-0.3, -0.25) is 9.69 Å². The molecule has 0 amide bonds. The maximum atomic E-state index is 12.3. The fraction of sp³-hybridized carbons (Fsp3) is 0.562. The third-order valence-electron chi connectivity index (χ3n) is 4.07. The lowest BCUT2D eigenvalue weighted by molar-refractivity contribution is 0.0902. The average Bonchev–Trinajstić information content (AvgIpc) is 2.47. The zero-order valence-electron chi connectivity index (χ0n) is 13.4. The Morgan fingerprint density at radius 1 is 1.09 bits per heavy atom. The molecule has 0 unspecified atom stereocenters. The highest BCUT2D eigenvalue weighted by Gasteiger charge is 2.24. The first-order valence-corrected chi connectivity index (χ1v) is 9.43. The number of piperazine rings is 1. The molecule has 0 radical (unpaired) electrons. The molecule has 0 spiro atoms. The van der Waals surface area contributed by atoms with Gasteiger partial charge < -0.3 is 0 Å². The van der Waals surface area contributed by atoms with Gasteiger partial charge in [0.05, 0.1) is 12.8 Å². The highest BCUT2D eigenvalue weighted by Crippen LogP contribution is 2.15. The molecule has 22 heavy (non-hydrogen) atoms. The zero-order valence-corrected chi connectivity index (χ0v) is 14.3. The highest BCUT2D eigenvalue weighted by molar-refractivity contribution is 7.88. The predicted molar refractivity (Wildman–Crippen MR) is 87.7 cm³/mol. The van der Waals surface area contributed by atoms with Crippen LogP contribution in [0.5, 0.6) is 0 Å². The van der Waals surface area contributed by atoms with Crippen LogP contribution in [0.1, 0.15) is 35.7 Å². The van der Waals surface area contributed by atoms with Gasteiger partial charge in [0.2, 0.25) is 10.0 Å². The number of hydrogen-bond donors (Lipinski definition) is 0. The number of rotatable bonds is 5. The molecule has 1 aliphatic heterocycles. The molecule has 1 aromatic rings. The largest absolute Gasteiger partial charge is 0.293 e. The number of benzene rings is 1. The van der Waals surface area contributed by atoms with Gasteiger partial charge in [0, 0.05) is 31.7 Å². The Hall–Kier alpha value is -1.24. The van der Waals surface area contributed by atoms with Crippen LogP contribution in [0.3, 0.4) is 0 Å². The monoisotopic (exact) mass is 324 g/mol. The third kappa shape index (κ3) is 4.38. The van der Waals surface area contributed by atoms with Crippen molar-refractivity contribution in [1.82, 2.24) is 9.21 Å². The molecule has 0 atom stereocenters. The summed E-state index contributed by atoms with van der Waals surface area (Å²) in [5, 5.41) is 0. The number of Topliss-reactive ketones (excluding diaryl/α,β-unsaturated/α-hetero) is 1. The van der Waals surface area contributed by atoms with Crippen molar-refractivity contribution in [1.29, 1.82) is 0 Å². The van der Waals surface area contributed by atoms with Crippen LogP contribution in [-0.2, 0) is 10.0 Å². The fourth-order valence-electron chi connectivity index (χ4n) is 2.57. The van der Waals surface area contributed by atoms with E-state index in [4.69, 9.17) is 0 Å². The molecule has 5 nitrogen and oxygen atoms in total. The molecular formula is C16H24N2O3S. The molecule has 1 fully saturated rings. The van der Waals surface area contributed by atoms with Gasteiger partial charge in [0.25, 0.3) is 0 Å². The smallest absolute Gasteiger partial charge is 0.211 e. The van der Waals surface area contributed by atoms with E-state index in [0.717, 1.165) is 5.56 Å². The molecule has 0 aromatic heterocycles. The Morgan fingerprint density at radius 2 is 1.64 bits per heavy atom. The van der Waals surface area contributed by atoms with Gasteiger partial charge in [-0.2, -0.15) is 4.31 Å². The third-order valence-corrected chi connectivity index (χ3v) is 5.37. The number of sulfonamides is 1. The molecule has 1 aliphatic rings. The Labute approximate surface area is 133 Å². The van der Waals surface area contributed by atoms with E-state index < -0.39 is 10.0 Å². The maximum absolute atomic E-state index is 12.3. The molecule has 0 aliphatic carbocycles. The number of ketones is 1. The van der Waals surface area contributed by atoms with Crippen molar-refractivity contribution in [3.8, 4) is 0 Å². The fourth-order valence-corrected chi connectivity index (χ4v) is 3.39. The van der Waals surface area contributed by atoms with Crippen molar-refractivity contribution >= 4 is 15.8 Å². The van der Waals surface area contributed by atoms with Gasteiger partial charge in [-0.15, -0.1) is 0 Å². The minimum atomic E-state index is -3.12. The van der Waals surface area contributed by atoms with Crippen molar-refractivity contribution in [2.45, 2.75) is 19.8 Å². The predicted octanol–water partition coefficient (Wildman–Crippen LogP) is 1.57. The zero-order chi connectivity index (χ0) is 16.3. The molecule has 122 valence electrons. The van der Waals surface area contributed by atoms with Gasteiger partial charge in [0.15, 0.2) is 5.78 Å². The van der Waals surface area contributed by atoms with Crippen LogP contribution in [0.4, 0.5) is 0 Å². The van der Waals surface area contributed by atoms with Crippen LogP contribution in [0.15, 0.2) is 24.3 Å². The van der Waals surface area contributed by atoms with E-state index in [0.29, 0.717) is 38.6 Å². The van der Waals surface area contributed by atoms with Crippen LogP contribution in [0.25, 0.3) is 0 Å². The molecule has 0 bridgehead atoms. The Bertz CT molecular complexity index is 615. The summed E-state index contributed by atoms with van der Waals surface area (Å²) in [7, 11) is -3.12. The van der Waals surface area contributed by atoms with E-state index in [9.17, 15) is 13.2 Å². The van der Waals surface area contributed by atoms with Crippen molar-refractivity contribution in [2.24, 2.45) is 0 Å². The maximum Gasteiger partial charge on any atom is 0.211 e.